The first-order valence-electron chi connectivity index (χ1n) is 6.54. The Hall–Kier alpha value is -0.920. The molecule has 1 fully saturated rings. The highest BCUT2D eigenvalue weighted by Gasteiger charge is 2.27. The first kappa shape index (κ1) is 15.5. The number of nitrogens with zero attached hydrogens (tertiary/aromatic N) is 2. The molecule has 112 valence electrons. The minimum Gasteiger partial charge on any atom is -0.374 e. The van der Waals surface area contributed by atoms with Crippen LogP contribution in [-0.2, 0) is 21.2 Å². The third-order valence-corrected chi connectivity index (χ3v) is 5.11. The molecule has 1 atom stereocenters. The molecule has 1 N–H and O–H groups in total. The van der Waals surface area contributed by atoms with Gasteiger partial charge < -0.3 is 10.1 Å². The van der Waals surface area contributed by atoms with E-state index in [1.54, 1.807) is 6.07 Å². The second-order valence-corrected chi connectivity index (χ2v) is 7.40. The molecule has 0 radical (unpaired) electrons. The molecule has 0 spiro atoms. The summed E-state index contributed by atoms with van der Waals surface area (Å²) in [5.74, 6) is 1.76. The van der Waals surface area contributed by atoms with Crippen LogP contribution < -0.4 is 5.32 Å². The van der Waals surface area contributed by atoms with Gasteiger partial charge in [-0.25, -0.2) is 18.4 Å². The van der Waals surface area contributed by atoms with Crippen molar-refractivity contribution in [2.45, 2.75) is 20.0 Å². The van der Waals surface area contributed by atoms with Gasteiger partial charge in [0, 0.05) is 19.2 Å². The van der Waals surface area contributed by atoms with E-state index in [0.717, 1.165) is 0 Å². The van der Waals surface area contributed by atoms with E-state index in [1.807, 2.05) is 6.92 Å². The van der Waals surface area contributed by atoms with E-state index in [-0.39, 0.29) is 17.4 Å². The van der Waals surface area contributed by atoms with Crippen molar-refractivity contribution in [3.05, 3.63) is 17.0 Å². The highest BCUT2D eigenvalue weighted by molar-refractivity contribution is 7.91. The Kier molecular flexibility index (Phi) is 5.17. The third kappa shape index (κ3) is 4.57. The predicted octanol–water partition coefficient (Wildman–Crippen LogP) is 1.51. The molecule has 8 heteroatoms. The van der Waals surface area contributed by atoms with Crippen molar-refractivity contribution in [3.8, 4) is 0 Å². The zero-order valence-corrected chi connectivity index (χ0v) is 12.9. The lowest BCUT2D eigenvalue weighted by Crippen LogP contribution is -2.17. The summed E-state index contributed by atoms with van der Waals surface area (Å²) >= 11 is 5.93. The average molecular weight is 320 g/mol. The lowest BCUT2D eigenvalue weighted by molar-refractivity contribution is 0.128. The highest BCUT2D eigenvalue weighted by Crippen LogP contribution is 2.19. The normalized spacial score (nSPS) is 21.0. The van der Waals surface area contributed by atoms with Crippen LogP contribution in [0, 0.1) is 5.92 Å². The SMILES string of the molecule is CCOCc1nc(Cl)cc(NCC2CCS(=O)(=O)C2)n1. The summed E-state index contributed by atoms with van der Waals surface area (Å²) in [5, 5.41) is 3.47. The Bertz CT molecular complexity index is 565. The molecule has 1 aliphatic heterocycles. The van der Waals surface area contributed by atoms with Crippen molar-refractivity contribution in [2.24, 2.45) is 5.92 Å². The van der Waals surface area contributed by atoms with E-state index in [2.05, 4.69) is 15.3 Å². The molecule has 2 rings (SSSR count). The topological polar surface area (TPSA) is 81.2 Å². The molecule has 0 aliphatic carbocycles. The van der Waals surface area contributed by atoms with Gasteiger partial charge in [0.25, 0.3) is 0 Å². The Morgan fingerprint density at radius 1 is 1.50 bits per heavy atom. The summed E-state index contributed by atoms with van der Waals surface area (Å²) in [7, 11) is -2.85. The average Bonchev–Trinajstić information content (AvgIpc) is 2.73. The van der Waals surface area contributed by atoms with Crippen LogP contribution in [0.15, 0.2) is 6.07 Å². The Balaban J connectivity index is 1.94. The quantitative estimate of drug-likeness (QED) is 0.801. The molecular weight excluding hydrogens is 302 g/mol. The summed E-state index contributed by atoms with van der Waals surface area (Å²) < 4.78 is 28.0. The first-order chi connectivity index (χ1) is 9.48. The molecule has 1 saturated heterocycles. The number of sulfone groups is 1. The predicted molar refractivity (Wildman–Crippen MR) is 77.6 cm³/mol. The van der Waals surface area contributed by atoms with Gasteiger partial charge in [-0.15, -0.1) is 0 Å². The molecule has 0 aromatic carbocycles. The first-order valence-corrected chi connectivity index (χ1v) is 8.74. The molecule has 1 aromatic rings. The summed E-state index contributed by atoms with van der Waals surface area (Å²) in [6, 6.07) is 1.63. The Morgan fingerprint density at radius 3 is 2.95 bits per heavy atom. The lowest BCUT2D eigenvalue weighted by Gasteiger charge is -2.11. The van der Waals surface area contributed by atoms with E-state index in [1.165, 1.54) is 0 Å². The largest absolute Gasteiger partial charge is 0.374 e. The molecule has 1 aromatic heterocycles. The summed E-state index contributed by atoms with van der Waals surface area (Å²) in [6.07, 6.45) is 0.694. The van der Waals surface area contributed by atoms with Crippen molar-refractivity contribution in [2.75, 3.05) is 30.0 Å². The molecule has 0 bridgehead atoms. The van der Waals surface area contributed by atoms with Gasteiger partial charge in [-0.05, 0) is 19.3 Å². The van der Waals surface area contributed by atoms with Gasteiger partial charge in [-0.3, -0.25) is 0 Å². The smallest absolute Gasteiger partial charge is 0.158 e. The maximum absolute atomic E-state index is 11.4. The van der Waals surface area contributed by atoms with Gasteiger partial charge in [0.2, 0.25) is 0 Å². The van der Waals surface area contributed by atoms with Crippen molar-refractivity contribution < 1.29 is 13.2 Å². The van der Waals surface area contributed by atoms with E-state index in [4.69, 9.17) is 16.3 Å². The summed E-state index contributed by atoms with van der Waals surface area (Å²) in [5.41, 5.74) is 0. The standard InChI is InChI=1S/C12H18ClN3O3S/c1-2-19-7-12-15-10(13)5-11(16-12)14-6-9-3-4-20(17,18)8-9/h5,9H,2-4,6-8H2,1H3,(H,14,15,16). The maximum atomic E-state index is 11.4. The van der Waals surface area contributed by atoms with Crippen LogP contribution in [0.25, 0.3) is 0 Å². The van der Waals surface area contributed by atoms with Crippen molar-refractivity contribution in [1.29, 1.82) is 0 Å². The molecule has 0 amide bonds. The molecule has 2 heterocycles. The highest BCUT2D eigenvalue weighted by atomic mass is 35.5. The molecule has 0 saturated carbocycles. The number of hydrogen-bond acceptors (Lipinski definition) is 6. The number of ether oxygens (including phenoxy) is 1. The third-order valence-electron chi connectivity index (χ3n) is 3.08. The van der Waals surface area contributed by atoms with Crippen molar-refractivity contribution in [1.82, 2.24) is 9.97 Å². The van der Waals surface area contributed by atoms with Crippen LogP contribution in [0.1, 0.15) is 19.2 Å². The Labute approximate surface area is 123 Å². The number of nitrogens with one attached hydrogen (secondary N) is 1. The molecule has 1 aliphatic rings. The van der Waals surface area contributed by atoms with Crippen molar-refractivity contribution >= 4 is 27.3 Å². The molecule has 6 nitrogen and oxygen atoms in total. The van der Waals surface area contributed by atoms with Gasteiger partial charge >= 0.3 is 0 Å². The minimum absolute atomic E-state index is 0.129. The van der Waals surface area contributed by atoms with Gasteiger partial charge in [-0.1, -0.05) is 11.6 Å². The number of aromatic nitrogens is 2. The van der Waals surface area contributed by atoms with Crippen LogP contribution >= 0.6 is 11.6 Å². The van der Waals surface area contributed by atoms with E-state index >= 15 is 0 Å². The fourth-order valence-corrected chi connectivity index (χ4v) is 4.16. The van der Waals surface area contributed by atoms with Gasteiger partial charge in [0.1, 0.15) is 17.6 Å². The van der Waals surface area contributed by atoms with Crippen LogP contribution in [0.5, 0.6) is 0 Å². The molecular formula is C12H18ClN3O3S. The number of halogens is 1. The van der Waals surface area contributed by atoms with Crippen LogP contribution in [0.2, 0.25) is 5.15 Å². The van der Waals surface area contributed by atoms with E-state index < -0.39 is 9.84 Å². The van der Waals surface area contributed by atoms with Gasteiger partial charge in [0.15, 0.2) is 15.7 Å². The van der Waals surface area contributed by atoms with E-state index in [0.29, 0.717) is 43.0 Å². The number of hydrogen-bond donors (Lipinski definition) is 1. The van der Waals surface area contributed by atoms with E-state index in [9.17, 15) is 8.42 Å². The monoisotopic (exact) mass is 319 g/mol. The fraction of sp³-hybridized carbons (Fsp3) is 0.667. The number of anilines is 1. The summed E-state index contributed by atoms with van der Waals surface area (Å²) in [6.45, 7) is 3.35. The zero-order valence-electron chi connectivity index (χ0n) is 11.3. The van der Waals surface area contributed by atoms with Crippen molar-refractivity contribution in [3.63, 3.8) is 0 Å². The van der Waals surface area contributed by atoms with Gasteiger partial charge in [0.05, 0.1) is 11.5 Å². The lowest BCUT2D eigenvalue weighted by atomic mass is 10.1. The van der Waals surface area contributed by atoms with Gasteiger partial charge in [-0.2, -0.15) is 0 Å². The molecule has 1 unspecified atom stereocenters. The number of rotatable bonds is 6. The zero-order chi connectivity index (χ0) is 14.6. The summed E-state index contributed by atoms with van der Waals surface area (Å²) in [4.78, 5) is 8.35. The second kappa shape index (κ2) is 6.69. The second-order valence-electron chi connectivity index (χ2n) is 4.78. The fourth-order valence-electron chi connectivity index (χ4n) is 2.10. The minimum atomic E-state index is -2.85. The maximum Gasteiger partial charge on any atom is 0.158 e. The van der Waals surface area contributed by atoms with Crippen LogP contribution in [-0.4, -0.2) is 43.0 Å². The molecule has 20 heavy (non-hydrogen) atoms. The van der Waals surface area contributed by atoms with Crippen LogP contribution in [0.4, 0.5) is 5.82 Å². The van der Waals surface area contributed by atoms with Crippen LogP contribution in [0.3, 0.4) is 0 Å². The Morgan fingerprint density at radius 2 is 2.30 bits per heavy atom.